The minimum atomic E-state index is 0.544. The number of rotatable bonds is 5. The maximum atomic E-state index is 7.01. The molecule has 6 nitrogen and oxygen atoms in total. The number of benzene rings is 10. The third kappa shape index (κ3) is 5.51. The fourth-order valence-corrected chi connectivity index (χ4v) is 10.00. The van der Waals surface area contributed by atoms with E-state index in [-0.39, 0.29) is 0 Å². The van der Waals surface area contributed by atoms with Crippen LogP contribution in [0, 0.1) is 0 Å². The van der Waals surface area contributed by atoms with E-state index in [1.54, 1.807) is 0 Å². The zero-order chi connectivity index (χ0) is 42.6. The number of nitrogens with zero attached hydrogens (tertiary/aromatic N) is 4. The summed E-state index contributed by atoms with van der Waals surface area (Å²) in [6.07, 6.45) is 0. The van der Waals surface area contributed by atoms with Crippen molar-refractivity contribution in [2.45, 2.75) is 0 Å². The van der Waals surface area contributed by atoms with Gasteiger partial charge in [0.2, 0.25) is 0 Å². The van der Waals surface area contributed by atoms with Crippen LogP contribution in [0.15, 0.2) is 215 Å². The molecule has 4 heterocycles. The molecule has 0 saturated heterocycles. The minimum Gasteiger partial charge on any atom is -0.456 e. The summed E-state index contributed by atoms with van der Waals surface area (Å²) in [5, 5.41) is 11.2. The second-order valence-electron chi connectivity index (χ2n) is 16.7. The third-order valence-electron chi connectivity index (χ3n) is 13.0. The molecule has 10 aromatic carbocycles. The Morgan fingerprint density at radius 3 is 1.78 bits per heavy atom. The number of aromatic nitrogens is 4. The SMILES string of the molecule is c1ccc(-c2cccc(-c3nc(-c4ccc5c(c4)oc4ccccc45)nc(-c4ccc(-n5c6cc7ccccc7cc6c6c7ccccc7ccc65)c5oc6ccccc6c45)n3)c2)cc1. The lowest BCUT2D eigenvalue weighted by Crippen LogP contribution is -2.01. The molecule has 0 spiro atoms. The summed E-state index contributed by atoms with van der Waals surface area (Å²) in [5.41, 5.74) is 11.1. The standard InChI is InChI=1S/C59H34N4O2/c1-2-13-35(14-3-1)37-18-12-19-40(31-37)57-60-58(41-25-27-44-43-21-8-10-23-51(43)64-53(44)34-41)62-59(61-57)46-28-30-49(56-55(46)45-22-9-11-24-52(45)65-56)63-48-29-26-36-15-6-7-20-42(36)54(48)47-32-38-16-4-5-17-39(38)33-50(47)63/h1-34H. The molecule has 302 valence electrons. The van der Waals surface area contributed by atoms with Gasteiger partial charge >= 0.3 is 0 Å². The van der Waals surface area contributed by atoms with Gasteiger partial charge in [-0.25, -0.2) is 15.0 Å². The van der Waals surface area contributed by atoms with Crippen LogP contribution in [0.3, 0.4) is 0 Å². The second kappa shape index (κ2) is 13.8. The van der Waals surface area contributed by atoms with E-state index in [1.165, 1.54) is 32.3 Å². The summed E-state index contributed by atoms with van der Waals surface area (Å²) in [6, 6.07) is 72.1. The molecule has 0 aliphatic heterocycles. The molecule has 14 rings (SSSR count). The van der Waals surface area contributed by atoms with Gasteiger partial charge in [-0.2, -0.15) is 0 Å². The third-order valence-corrected chi connectivity index (χ3v) is 13.0. The topological polar surface area (TPSA) is 69.9 Å². The lowest BCUT2D eigenvalue weighted by atomic mass is 10.0. The Morgan fingerprint density at radius 1 is 0.323 bits per heavy atom. The Morgan fingerprint density at radius 2 is 0.954 bits per heavy atom. The quantitative estimate of drug-likeness (QED) is 0.173. The summed E-state index contributed by atoms with van der Waals surface area (Å²) in [4.78, 5) is 15.9. The maximum absolute atomic E-state index is 7.01. The van der Waals surface area contributed by atoms with Crippen molar-refractivity contribution in [3.05, 3.63) is 206 Å². The van der Waals surface area contributed by atoms with Gasteiger partial charge in [0.1, 0.15) is 16.7 Å². The van der Waals surface area contributed by atoms with Gasteiger partial charge in [-0.3, -0.25) is 0 Å². The largest absolute Gasteiger partial charge is 0.456 e. The molecule has 0 amide bonds. The van der Waals surface area contributed by atoms with Gasteiger partial charge < -0.3 is 13.4 Å². The van der Waals surface area contributed by atoms with Crippen LogP contribution in [0.1, 0.15) is 0 Å². The Hall–Kier alpha value is -8.87. The molecule has 0 atom stereocenters. The highest BCUT2D eigenvalue weighted by Crippen LogP contribution is 2.44. The Kier molecular flexibility index (Phi) is 7.59. The van der Waals surface area contributed by atoms with E-state index in [1.807, 2.05) is 42.5 Å². The van der Waals surface area contributed by atoms with E-state index in [2.05, 4.69) is 168 Å². The van der Waals surface area contributed by atoms with Crippen molar-refractivity contribution >= 4 is 87.2 Å². The van der Waals surface area contributed by atoms with Gasteiger partial charge in [-0.15, -0.1) is 0 Å². The van der Waals surface area contributed by atoms with Crippen LogP contribution >= 0.6 is 0 Å². The summed E-state index contributed by atoms with van der Waals surface area (Å²) < 4.78 is 15.8. The first kappa shape index (κ1) is 35.7. The highest BCUT2D eigenvalue weighted by Gasteiger charge is 2.24. The van der Waals surface area contributed by atoms with Gasteiger partial charge in [-0.05, 0) is 93.3 Å². The Bertz CT molecular complexity index is 4250. The average molecular weight is 831 g/mol. The minimum absolute atomic E-state index is 0.544. The van der Waals surface area contributed by atoms with Crippen molar-refractivity contribution in [1.82, 2.24) is 19.5 Å². The highest BCUT2D eigenvalue weighted by molar-refractivity contribution is 6.24. The van der Waals surface area contributed by atoms with Crippen molar-refractivity contribution in [3.8, 4) is 51.0 Å². The first-order valence-electron chi connectivity index (χ1n) is 21.8. The molecule has 0 saturated carbocycles. The van der Waals surface area contributed by atoms with Crippen LogP contribution in [-0.4, -0.2) is 19.5 Å². The highest BCUT2D eigenvalue weighted by atomic mass is 16.3. The lowest BCUT2D eigenvalue weighted by Gasteiger charge is -2.13. The molecule has 0 aliphatic carbocycles. The molecule has 6 heteroatoms. The van der Waals surface area contributed by atoms with Crippen molar-refractivity contribution in [3.63, 3.8) is 0 Å². The van der Waals surface area contributed by atoms with Crippen molar-refractivity contribution in [1.29, 1.82) is 0 Å². The predicted octanol–water partition coefficient (Wildman–Crippen LogP) is 15.7. The van der Waals surface area contributed by atoms with Crippen molar-refractivity contribution < 1.29 is 8.83 Å². The molecular formula is C59H34N4O2. The summed E-state index contributed by atoms with van der Waals surface area (Å²) in [5.74, 6) is 1.66. The first-order valence-corrected chi connectivity index (χ1v) is 21.8. The van der Waals surface area contributed by atoms with E-state index in [0.29, 0.717) is 17.5 Å². The lowest BCUT2D eigenvalue weighted by molar-refractivity contribution is 0.666. The van der Waals surface area contributed by atoms with E-state index < -0.39 is 0 Å². The Labute approximate surface area is 371 Å². The van der Waals surface area contributed by atoms with Crippen LogP contribution in [0.4, 0.5) is 0 Å². The van der Waals surface area contributed by atoms with Crippen LogP contribution in [0.5, 0.6) is 0 Å². The molecule has 0 aliphatic rings. The summed E-state index contributed by atoms with van der Waals surface area (Å²) >= 11 is 0. The molecule has 0 bridgehead atoms. The normalized spacial score (nSPS) is 12.0. The fraction of sp³-hybridized carbons (Fsp3) is 0. The predicted molar refractivity (Wildman–Crippen MR) is 265 cm³/mol. The zero-order valence-electron chi connectivity index (χ0n) is 34.7. The number of fused-ring (bicyclic) bond motifs is 12. The molecule has 0 N–H and O–H groups in total. The average Bonchev–Trinajstić information content (AvgIpc) is 4.05. The van der Waals surface area contributed by atoms with E-state index in [4.69, 9.17) is 23.8 Å². The molecule has 14 aromatic rings. The van der Waals surface area contributed by atoms with E-state index in [0.717, 1.165) is 88.4 Å². The fourth-order valence-electron chi connectivity index (χ4n) is 10.00. The zero-order valence-corrected chi connectivity index (χ0v) is 34.7. The van der Waals surface area contributed by atoms with Gasteiger partial charge in [0, 0.05) is 49.0 Å². The first-order chi connectivity index (χ1) is 32.2. The number of para-hydroxylation sites is 2. The number of furan rings is 2. The molecule has 0 fully saturated rings. The molecule has 65 heavy (non-hydrogen) atoms. The van der Waals surface area contributed by atoms with E-state index >= 15 is 0 Å². The van der Waals surface area contributed by atoms with Crippen molar-refractivity contribution in [2.75, 3.05) is 0 Å². The Balaban J connectivity index is 1.04. The number of hydrogen-bond donors (Lipinski definition) is 0. The maximum Gasteiger partial charge on any atom is 0.164 e. The molecule has 4 aromatic heterocycles. The smallest absolute Gasteiger partial charge is 0.164 e. The summed E-state index contributed by atoms with van der Waals surface area (Å²) in [6.45, 7) is 0. The van der Waals surface area contributed by atoms with Gasteiger partial charge in [0.25, 0.3) is 0 Å². The van der Waals surface area contributed by atoms with Gasteiger partial charge in [0.05, 0.1) is 16.7 Å². The molecular weight excluding hydrogens is 797 g/mol. The van der Waals surface area contributed by atoms with Crippen LogP contribution in [-0.2, 0) is 0 Å². The van der Waals surface area contributed by atoms with Gasteiger partial charge in [-0.1, -0.05) is 146 Å². The molecule has 0 radical (unpaired) electrons. The monoisotopic (exact) mass is 830 g/mol. The van der Waals surface area contributed by atoms with E-state index in [9.17, 15) is 0 Å². The van der Waals surface area contributed by atoms with Crippen LogP contribution in [0.2, 0.25) is 0 Å². The second-order valence-corrected chi connectivity index (χ2v) is 16.7. The number of hydrogen-bond acceptors (Lipinski definition) is 5. The molecule has 0 unspecified atom stereocenters. The van der Waals surface area contributed by atoms with Gasteiger partial charge in [0.15, 0.2) is 23.1 Å². The van der Waals surface area contributed by atoms with Crippen molar-refractivity contribution in [2.24, 2.45) is 0 Å². The summed E-state index contributed by atoms with van der Waals surface area (Å²) in [7, 11) is 0. The van der Waals surface area contributed by atoms with Crippen LogP contribution < -0.4 is 0 Å². The van der Waals surface area contributed by atoms with Crippen LogP contribution in [0.25, 0.3) is 138 Å².